The van der Waals surface area contributed by atoms with E-state index in [2.05, 4.69) is 10.1 Å². The summed E-state index contributed by atoms with van der Waals surface area (Å²) in [6.07, 6.45) is 3.73. The van der Waals surface area contributed by atoms with E-state index >= 15 is 0 Å². The number of aromatic nitrogens is 2. The topological polar surface area (TPSA) is 138 Å². The summed E-state index contributed by atoms with van der Waals surface area (Å²) in [4.78, 5) is 38.7. The molecule has 0 bridgehead atoms. The van der Waals surface area contributed by atoms with Gasteiger partial charge in [0, 0.05) is 18.2 Å². The molecule has 0 spiro atoms. The first-order chi connectivity index (χ1) is 18.7. The zero-order valence-corrected chi connectivity index (χ0v) is 22.4. The molecule has 3 aromatic rings. The number of benzene rings is 2. The molecule has 0 fully saturated rings. The van der Waals surface area contributed by atoms with E-state index < -0.39 is 43.3 Å². The molecule has 1 aliphatic rings. The van der Waals surface area contributed by atoms with Gasteiger partial charge in [-0.15, -0.1) is 0 Å². The number of rotatable bonds is 12. The number of hydrogen-bond acceptors (Lipinski definition) is 8. The highest BCUT2D eigenvalue weighted by atomic mass is 31.2. The van der Waals surface area contributed by atoms with E-state index in [1.165, 1.54) is 17.7 Å². The monoisotopic (exact) mass is 555 g/mol. The summed E-state index contributed by atoms with van der Waals surface area (Å²) < 4.78 is 37.4. The molecule has 206 valence electrons. The summed E-state index contributed by atoms with van der Waals surface area (Å²) in [5.74, 6) is -0.342. The van der Waals surface area contributed by atoms with Gasteiger partial charge >= 0.3 is 19.4 Å². The highest BCUT2D eigenvalue weighted by molar-refractivity contribution is 7.52. The molecule has 2 aromatic carbocycles. The molecule has 1 aliphatic heterocycles. The number of hydrogen-bond donors (Lipinski definition) is 2. The maximum atomic E-state index is 13.7. The Balaban J connectivity index is 1.37. The van der Waals surface area contributed by atoms with E-state index in [1.807, 2.05) is 30.3 Å². The molecular weight excluding hydrogens is 525 g/mol. The van der Waals surface area contributed by atoms with Crippen LogP contribution in [0.4, 0.5) is 0 Å². The fraction of sp³-hybridized carbons (Fsp3) is 0.296. The Labute approximate surface area is 225 Å². The Morgan fingerprint density at radius 3 is 2.51 bits per heavy atom. The molecule has 4 atom stereocenters. The van der Waals surface area contributed by atoms with Crippen LogP contribution in [0.2, 0.25) is 0 Å². The van der Waals surface area contributed by atoms with Gasteiger partial charge in [0.15, 0.2) is 6.23 Å². The Bertz CT molecular complexity index is 1460. The van der Waals surface area contributed by atoms with Crippen molar-refractivity contribution in [2.24, 2.45) is 0 Å². The van der Waals surface area contributed by atoms with E-state index in [9.17, 15) is 18.9 Å². The normalized spacial score (nSPS) is 18.8. The number of para-hydroxylation sites is 1. The van der Waals surface area contributed by atoms with Crippen LogP contribution >= 0.6 is 7.75 Å². The lowest BCUT2D eigenvalue weighted by atomic mass is 10.2. The zero-order valence-electron chi connectivity index (χ0n) is 21.5. The van der Waals surface area contributed by atoms with Gasteiger partial charge < -0.3 is 14.0 Å². The lowest BCUT2D eigenvalue weighted by molar-refractivity contribution is -0.145. The summed E-state index contributed by atoms with van der Waals surface area (Å²) in [5.41, 5.74) is 0.271. The number of nitrogens with one attached hydrogen (secondary N) is 2. The molecule has 2 N–H and O–H groups in total. The summed E-state index contributed by atoms with van der Waals surface area (Å²) in [6.45, 7) is 3.02. The van der Waals surface area contributed by atoms with E-state index in [0.717, 1.165) is 5.56 Å². The molecule has 0 amide bonds. The van der Waals surface area contributed by atoms with Crippen molar-refractivity contribution < 1.29 is 27.9 Å². The van der Waals surface area contributed by atoms with Crippen molar-refractivity contribution in [3.63, 3.8) is 0 Å². The molecule has 4 rings (SSSR count). The third kappa shape index (κ3) is 7.87. The predicted octanol–water partition coefficient (Wildman–Crippen LogP) is 3.27. The molecule has 2 heterocycles. The summed E-state index contributed by atoms with van der Waals surface area (Å²) in [5, 5.41) is 2.64. The summed E-state index contributed by atoms with van der Waals surface area (Å²) in [6, 6.07) is 17.0. The number of nitrogens with zero attached hydrogens (tertiary/aromatic N) is 1. The average molecular weight is 556 g/mol. The quantitative estimate of drug-likeness (QED) is 0.196. The van der Waals surface area contributed by atoms with Gasteiger partial charge in [0.1, 0.15) is 17.9 Å². The highest BCUT2D eigenvalue weighted by Crippen LogP contribution is 2.45. The number of aromatic amines is 1. The lowest BCUT2D eigenvalue weighted by Gasteiger charge is -2.24. The lowest BCUT2D eigenvalue weighted by Crippen LogP contribution is -2.36. The molecule has 39 heavy (non-hydrogen) atoms. The van der Waals surface area contributed by atoms with E-state index in [1.54, 1.807) is 49.4 Å². The molecule has 11 nitrogen and oxygen atoms in total. The maximum Gasteiger partial charge on any atom is 0.459 e. The van der Waals surface area contributed by atoms with E-state index in [0.29, 0.717) is 12.0 Å². The predicted molar refractivity (Wildman–Crippen MR) is 143 cm³/mol. The number of carbonyl (C=O) groups is 1. The van der Waals surface area contributed by atoms with Crippen LogP contribution in [0.1, 0.15) is 24.3 Å². The van der Waals surface area contributed by atoms with Crippen LogP contribution in [0.3, 0.4) is 0 Å². The molecule has 0 aliphatic carbocycles. The number of ether oxygens (including phenoxy) is 2. The Morgan fingerprint density at radius 1 is 1.10 bits per heavy atom. The van der Waals surface area contributed by atoms with Gasteiger partial charge in [0.05, 0.1) is 13.2 Å². The SMILES string of the molecule is Cc1cn([C@H]2C=C[C@@H](COP(=O)(N[C@@H](C)C(=O)OCCc3ccccc3)Oc3ccccc3)O2)c(=O)[nH]c1=O. The first-order valence-corrected chi connectivity index (χ1v) is 13.9. The Hall–Kier alpha value is -3.76. The van der Waals surface area contributed by atoms with Crippen LogP contribution in [0.5, 0.6) is 5.75 Å². The second-order valence-corrected chi connectivity index (χ2v) is 10.6. The van der Waals surface area contributed by atoms with Crippen LogP contribution in [0.25, 0.3) is 0 Å². The summed E-state index contributed by atoms with van der Waals surface area (Å²) in [7, 11) is -4.09. The van der Waals surface area contributed by atoms with Crippen LogP contribution in [-0.4, -0.2) is 40.9 Å². The molecule has 0 saturated heterocycles. The van der Waals surface area contributed by atoms with Crippen molar-refractivity contribution in [2.75, 3.05) is 13.2 Å². The minimum Gasteiger partial charge on any atom is -0.464 e. The van der Waals surface area contributed by atoms with Crippen molar-refractivity contribution in [3.05, 3.63) is 111 Å². The largest absolute Gasteiger partial charge is 0.464 e. The Morgan fingerprint density at radius 2 is 1.79 bits per heavy atom. The highest BCUT2D eigenvalue weighted by Gasteiger charge is 2.34. The first-order valence-electron chi connectivity index (χ1n) is 12.4. The van der Waals surface area contributed by atoms with Crippen molar-refractivity contribution >= 4 is 13.7 Å². The van der Waals surface area contributed by atoms with Crippen LogP contribution in [0, 0.1) is 6.92 Å². The van der Waals surface area contributed by atoms with Gasteiger partial charge in [-0.3, -0.25) is 23.7 Å². The van der Waals surface area contributed by atoms with Crippen LogP contribution in [0.15, 0.2) is 88.6 Å². The fourth-order valence-electron chi connectivity index (χ4n) is 3.73. The molecule has 0 saturated carbocycles. The van der Waals surface area contributed by atoms with Crippen LogP contribution in [-0.2, 0) is 29.8 Å². The molecular formula is C27H30N3O8P. The van der Waals surface area contributed by atoms with E-state index in [4.69, 9.17) is 18.5 Å². The third-order valence-corrected chi connectivity index (χ3v) is 7.43. The fourth-order valence-corrected chi connectivity index (χ4v) is 5.23. The number of H-pyrrole nitrogens is 1. The number of aryl methyl sites for hydroxylation is 1. The van der Waals surface area contributed by atoms with Crippen molar-refractivity contribution in [1.82, 2.24) is 14.6 Å². The second kappa shape index (κ2) is 12.9. The van der Waals surface area contributed by atoms with Crippen LogP contribution < -0.4 is 20.9 Å². The van der Waals surface area contributed by atoms with Gasteiger partial charge in [0.2, 0.25) is 0 Å². The van der Waals surface area contributed by atoms with Gasteiger partial charge in [0.25, 0.3) is 5.56 Å². The molecule has 1 aromatic heterocycles. The standard InChI is InChI=1S/C27H30N3O8P/c1-19-17-30(27(33)28-25(19)31)24-14-13-23(37-24)18-36-39(34,38-22-11-7-4-8-12-22)29-20(2)26(32)35-16-15-21-9-5-3-6-10-21/h3-14,17,20,23-24H,15-16,18H2,1-2H3,(H,29,34)(H,28,31,33)/t20-,23-,24+,39?/m0/s1. The smallest absolute Gasteiger partial charge is 0.459 e. The third-order valence-electron chi connectivity index (χ3n) is 5.79. The maximum absolute atomic E-state index is 13.7. The summed E-state index contributed by atoms with van der Waals surface area (Å²) >= 11 is 0. The Kier molecular flexibility index (Phi) is 9.32. The molecule has 1 unspecified atom stereocenters. The second-order valence-electron chi connectivity index (χ2n) is 8.88. The van der Waals surface area contributed by atoms with Crippen molar-refractivity contribution in [2.45, 2.75) is 38.6 Å². The number of carbonyl (C=O) groups excluding carboxylic acids is 1. The van der Waals surface area contributed by atoms with Crippen molar-refractivity contribution in [1.29, 1.82) is 0 Å². The molecule has 0 radical (unpaired) electrons. The van der Waals surface area contributed by atoms with Gasteiger partial charge in [-0.05, 0) is 37.6 Å². The minimum absolute atomic E-state index is 0.158. The minimum atomic E-state index is -4.09. The van der Waals surface area contributed by atoms with Gasteiger partial charge in [-0.25, -0.2) is 9.36 Å². The zero-order chi connectivity index (χ0) is 27.8. The average Bonchev–Trinajstić information content (AvgIpc) is 3.39. The molecule has 12 heteroatoms. The van der Waals surface area contributed by atoms with Gasteiger partial charge in [-0.1, -0.05) is 54.6 Å². The number of esters is 1. The van der Waals surface area contributed by atoms with E-state index in [-0.39, 0.29) is 19.0 Å². The van der Waals surface area contributed by atoms with Crippen molar-refractivity contribution in [3.8, 4) is 5.75 Å². The first kappa shape index (κ1) is 28.3. The van der Waals surface area contributed by atoms with Gasteiger partial charge in [-0.2, -0.15) is 5.09 Å².